The molecule has 1 aromatic heterocycles. The highest BCUT2D eigenvalue weighted by atomic mass is 16.4. The molecule has 0 saturated heterocycles. The third-order valence-corrected chi connectivity index (χ3v) is 5.58. The van der Waals surface area contributed by atoms with Crippen molar-refractivity contribution in [2.45, 2.75) is 31.7 Å². The molecule has 1 saturated carbocycles. The second kappa shape index (κ2) is 8.91. The highest BCUT2D eigenvalue weighted by Crippen LogP contribution is 2.31. The van der Waals surface area contributed by atoms with Gasteiger partial charge in [0.25, 0.3) is 5.91 Å². The quantitative estimate of drug-likeness (QED) is 0.640. The van der Waals surface area contributed by atoms with E-state index in [4.69, 9.17) is 4.98 Å². The van der Waals surface area contributed by atoms with E-state index in [1.165, 1.54) is 4.90 Å². The fraction of sp³-hybridized carbons (Fsp3) is 0.240. The van der Waals surface area contributed by atoms with Crippen molar-refractivity contribution in [3.63, 3.8) is 0 Å². The van der Waals surface area contributed by atoms with Crippen LogP contribution in [0.4, 0.5) is 0 Å². The summed E-state index contributed by atoms with van der Waals surface area (Å²) in [5.74, 6) is -1.32. The molecule has 1 amide bonds. The molecule has 3 aromatic rings. The van der Waals surface area contributed by atoms with Gasteiger partial charge in [0.15, 0.2) is 0 Å². The predicted molar refractivity (Wildman–Crippen MR) is 116 cm³/mol. The van der Waals surface area contributed by atoms with Gasteiger partial charge in [-0.25, -0.2) is 4.98 Å². The molecule has 1 aliphatic carbocycles. The molecule has 152 valence electrons. The molecule has 0 radical (unpaired) electrons. The van der Waals surface area contributed by atoms with Crippen LogP contribution in [0.15, 0.2) is 72.8 Å². The summed E-state index contributed by atoms with van der Waals surface area (Å²) in [5.41, 5.74) is 3.86. The van der Waals surface area contributed by atoms with Gasteiger partial charge in [0, 0.05) is 17.2 Å². The van der Waals surface area contributed by atoms with E-state index in [1.54, 1.807) is 6.07 Å². The Balaban J connectivity index is 1.77. The summed E-state index contributed by atoms with van der Waals surface area (Å²) >= 11 is 0. The number of aliphatic carboxylic acids is 1. The summed E-state index contributed by atoms with van der Waals surface area (Å²) in [6.07, 6.45) is 3.72. The predicted octanol–water partition coefficient (Wildman–Crippen LogP) is 4.89. The largest absolute Gasteiger partial charge is 0.480 e. The lowest BCUT2D eigenvalue weighted by atomic mass is 9.98. The van der Waals surface area contributed by atoms with E-state index in [2.05, 4.69) is 0 Å². The molecule has 5 heteroatoms. The molecule has 0 aliphatic heterocycles. The fourth-order valence-corrected chi connectivity index (χ4v) is 4.12. The first-order chi connectivity index (χ1) is 14.6. The van der Waals surface area contributed by atoms with Gasteiger partial charge >= 0.3 is 5.97 Å². The zero-order chi connectivity index (χ0) is 20.9. The van der Waals surface area contributed by atoms with Crippen LogP contribution < -0.4 is 0 Å². The molecule has 0 spiro atoms. The number of carbonyl (C=O) groups is 2. The van der Waals surface area contributed by atoms with Crippen LogP contribution in [0.25, 0.3) is 22.4 Å². The van der Waals surface area contributed by atoms with E-state index >= 15 is 0 Å². The van der Waals surface area contributed by atoms with Crippen molar-refractivity contribution in [2.75, 3.05) is 6.54 Å². The summed E-state index contributed by atoms with van der Waals surface area (Å²) < 4.78 is 0. The average molecular weight is 400 g/mol. The van der Waals surface area contributed by atoms with Gasteiger partial charge in [-0.1, -0.05) is 73.5 Å². The molecule has 0 unspecified atom stereocenters. The van der Waals surface area contributed by atoms with Crippen molar-refractivity contribution in [2.24, 2.45) is 0 Å². The number of hydrogen-bond donors (Lipinski definition) is 1. The Bertz CT molecular complexity index is 1030. The Labute approximate surface area is 176 Å². The van der Waals surface area contributed by atoms with Gasteiger partial charge in [-0.3, -0.25) is 9.59 Å². The third-order valence-electron chi connectivity index (χ3n) is 5.58. The van der Waals surface area contributed by atoms with Gasteiger partial charge in [-0.15, -0.1) is 0 Å². The van der Waals surface area contributed by atoms with Gasteiger partial charge in [0.2, 0.25) is 0 Å². The Morgan fingerprint density at radius 3 is 2.07 bits per heavy atom. The van der Waals surface area contributed by atoms with Crippen molar-refractivity contribution in [1.82, 2.24) is 9.88 Å². The molecule has 2 aromatic carbocycles. The monoisotopic (exact) mass is 400 g/mol. The van der Waals surface area contributed by atoms with Crippen LogP contribution in [0.3, 0.4) is 0 Å². The van der Waals surface area contributed by atoms with E-state index in [0.717, 1.165) is 42.4 Å². The minimum Gasteiger partial charge on any atom is -0.480 e. The highest BCUT2D eigenvalue weighted by molar-refractivity contribution is 5.96. The molecule has 4 rings (SSSR count). The Morgan fingerprint density at radius 1 is 0.867 bits per heavy atom. The summed E-state index contributed by atoms with van der Waals surface area (Å²) in [4.78, 5) is 30.9. The normalized spacial score (nSPS) is 13.9. The molecule has 30 heavy (non-hydrogen) atoms. The van der Waals surface area contributed by atoms with Gasteiger partial charge in [0.05, 0.1) is 5.69 Å². The number of aromatic nitrogens is 1. The molecule has 0 bridgehead atoms. The van der Waals surface area contributed by atoms with E-state index in [1.807, 2.05) is 66.7 Å². The molecule has 1 fully saturated rings. The van der Waals surface area contributed by atoms with Gasteiger partial charge in [-0.05, 0) is 30.5 Å². The maximum atomic E-state index is 13.3. The molecule has 1 aliphatic rings. The van der Waals surface area contributed by atoms with Crippen LogP contribution in [0.5, 0.6) is 0 Å². The van der Waals surface area contributed by atoms with Crippen LogP contribution in [0, 0.1) is 0 Å². The van der Waals surface area contributed by atoms with Crippen LogP contribution in [0.1, 0.15) is 36.2 Å². The Morgan fingerprint density at radius 2 is 1.47 bits per heavy atom. The number of amides is 1. The first-order valence-corrected chi connectivity index (χ1v) is 10.3. The standard InChI is InChI=1S/C25H24N2O3/c28-23(29)17-27(20-13-7-8-14-20)25(30)22-16-15-21(18-9-3-1-4-10-18)24(26-22)19-11-5-2-6-12-19/h1-6,9-12,15-16,20H,7-8,13-14,17H2,(H,28,29). The zero-order valence-corrected chi connectivity index (χ0v) is 16.7. The summed E-state index contributed by atoms with van der Waals surface area (Å²) in [6, 6.07) is 23.3. The van der Waals surface area contributed by atoms with Crippen molar-refractivity contribution >= 4 is 11.9 Å². The number of rotatable bonds is 6. The van der Waals surface area contributed by atoms with Crippen LogP contribution in [-0.4, -0.2) is 39.5 Å². The lowest BCUT2D eigenvalue weighted by Crippen LogP contribution is -2.42. The number of carboxylic acids is 1. The molecular formula is C25H24N2O3. The molecular weight excluding hydrogens is 376 g/mol. The minimum atomic E-state index is -1.00. The SMILES string of the molecule is O=C(O)CN(C(=O)c1ccc(-c2ccccc2)c(-c2ccccc2)n1)C1CCCC1. The lowest BCUT2D eigenvalue weighted by Gasteiger charge is -2.27. The summed E-state index contributed by atoms with van der Waals surface area (Å²) in [7, 11) is 0. The number of carbonyl (C=O) groups excluding carboxylic acids is 1. The fourth-order valence-electron chi connectivity index (χ4n) is 4.12. The first-order valence-electron chi connectivity index (χ1n) is 10.3. The molecule has 1 N–H and O–H groups in total. The second-order valence-corrected chi connectivity index (χ2v) is 7.59. The third kappa shape index (κ3) is 4.25. The molecule has 5 nitrogen and oxygen atoms in total. The number of nitrogens with zero attached hydrogens (tertiary/aromatic N) is 2. The van der Waals surface area contributed by atoms with Crippen LogP contribution >= 0.6 is 0 Å². The molecule has 0 atom stereocenters. The number of pyridine rings is 1. The van der Waals surface area contributed by atoms with Crippen molar-refractivity contribution in [3.8, 4) is 22.4 Å². The second-order valence-electron chi connectivity index (χ2n) is 7.59. The van der Waals surface area contributed by atoms with Crippen molar-refractivity contribution in [1.29, 1.82) is 0 Å². The Hall–Kier alpha value is -3.47. The van der Waals surface area contributed by atoms with Gasteiger partial charge < -0.3 is 10.0 Å². The average Bonchev–Trinajstić information content (AvgIpc) is 3.32. The van der Waals surface area contributed by atoms with E-state index < -0.39 is 5.97 Å². The lowest BCUT2D eigenvalue weighted by molar-refractivity contribution is -0.138. The van der Waals surface area contributed by atoms with E-state index in [9.17, 15) is 14.7 Å². The molecule has 1 heterocycles. The highest BCUT2D eigenvalue weighted by Gasteiger charge is 2.30. The van der Waals surface area contributed by atoms with E-state index in [0.29, 0.717) is 5.69 Å². The zero-order valence-electron chi connectivity index (χ0n) is 16.7. The smallest absolute Gasteiger partial charge is 0.323 e. The Kier molecular flexibility index (Phi) is 5.89. The van der Waals surface area contributed by atoms with Gasteiger partial charge in [0.1, 0.15) is 12.2 Å². The maximum Gasteiger partial charge on any atom is 0.323 e. The van der Waals surface area contributed by atoms with Crippen molar-refractivity contribution in [3.05, 3.63) is 78.5 Å². The number of benzene rings is 2. The number of hydrogen-bond acceptors (Lipinski definition) is 3. The van der Waals surface area contributed by atoms with E-state index in [-0.39, 0.29) is 24.2 Å². The number of carboxylic acid groups (broad SMARTS) is 1. The topological polar surface area (TPSA) is 70.5 Å². The van der Waals surface area contributed by atoms with Crippen LogP contribution in [-0.2, 0) is 4.79 Å². The van der Waals surface area contributed by atoms with Crippen molar-refractivity contribution < 1.29 is 14.7 Å². The summed E-state index contributed by atoms with van der Waals surface area (Å²) in [5, 5.41) is 9.35. The van der Waals surface area contributed by atoms with Crippen LogP contribution in [0.2, 0.25) is 0 Å². The summed E-state index contributed by atoms with van der Waals surface area (Å²) in [6.45, 7) is -0.299. The first kappa shape index (κ1) is 19.8. The maximum absolute atomic E-state index is 13.3. The minimum absolute atomic E-state index is 0.0376. The van der Waals surface area contributed by atoms with Gasteiger partial charge in [-0.2, -0.15) is 0 Å².